The molecule has 104 valence electrons. The van der Waals surface area contributed by atoms with Crippen LogP contribution in [0.25, 0.3) is 0 Å². The Hall–Kier alpha value is -1.09. The van der Waals surface area contributed by atoms with E-state index in [1.165, 1.54) is 43.5 Å². The molecule has 2 fully saturated rings. The van der Waals surface area contributed by atoms with Crippen molar-refractivity contribution >= 4 is 5.82 Å². The molecule has 1 aromatic rings. The van der Waals surface area contributed by atoms with Crippen LogP contribution >= 0.6 is 0 Å². The molecule has 2 aliphatic rings. The molecule has 0 radical (unpaired) electrons. The Labute approximate surface area is 116 Å². The van der Waals surface area contributed by atoms with Gasteiger partial charge in [0.2, 0.25) is 0 Å². The van der Waals surface area contributed by atoms with E-state index in [1.807, 2.05) is 6.20 Å². The normalized spacial score (nSPS) is 29.5. The number of aryl methyl sites for hydroxylation is 1. The maximum atomic E-state index is 4.61. The van der Waals surface area contributed by atoms with Crippen LogP contribution in [-0.2, 0) is 0 Å². The second kappa shape index (κ2) is 5.49. The second-order valence-corrected chi connectivity index (χ2v) is 6.15. The molecule has 1 aromatic heterocycles. The predicted molar refractivity (Wildman–Crippen MR) is 79.6 cm³/mol. The van der Waals surface area contributed by atoms with E-state index in [0.29, 0.717) is 6.04 Å². The molecule has 3 heteroatoms. The van der Waals surface area contributed by atoms with Gasteiger partial charge in [-0.05, 0) is 56.7 Å². The molecule has 2 saturated heterocycles. The summed E-state index contributed by atoms with van der Waals surface area (Å²) in [6.07, 6.45) is 8.43. The van der Waals surface area contributed by atoms with Crippen LogP contribution in [0.15, 0.2) is 18.3 Å². The van der Waals surface area contributed by atoms with Gasteiger partial charge in [-0.2, -0.15) is 0 Å². The fraction of sp³-hybridized carbons (Fsp3) is 0.688. The summed E-state index contributed by atoms with van der Waals surface area (Å²) >= 11 is 0. The number of nitrogens with zero attached hydrogens (tertiary/aromatic N) is 2. The number of pyridine rings is 1. The van der Waals surface area contributed by atoms with Crippen molar-refractivity contribution in [2.75, 3.05) is 11.4 Å². The minimum absolute atomic E-state index is 0.674. The van der Waals surface area contributed by atoms with Crippen LogP contribution in [0.4, 0.5) is 5.82 Å². The smallest absolute Gasteiger partial charge is 0.128 e. The Bertz CT molecular complexity index is 420. The van der Waals surface area contributed by atoms with Gasteiger partial charge in [0, 0.05) is 30.9 Å². The van der Waals surface area contributed by atoms with Crippen LogP contribution in [-0.4, -0.2) is 29.7 Å². The predicted octanol–water partition coefficient (Wildman–Crippen LogP) is 2.89. The van der Waals surface area contributed by atoms with Crippen molar-refractivity contribution in [3.63, 3.8) is 0 Å². The van der Waals surface area contributed by atoms with Crippen molar-refractivity contribution < 1.29 is 0 Å². The molecular formula is C16H25N3. The van der Waals surface area contributed by atoms with Crippen LogP contribution in [0.5, 0.6) is 0 Å². The lowest BCUT2D eigenvalue weighted by Crippen LogP contribution is -2.49. The van der Waals surface area contributed by atoms with Crippen LogP contribution in [0, 0.1) is 6.92 Å². The minimum Gasteiger partial charge on any atom is -0.354 e. The number of rotatable bonds is 4. The Morgan fingerprint density at radius 3 is 2.68 bits per heavy atom. The maximum absolute atomic E-state index is 4.61. The summed E-state index contributed by atoms with van der Waals surface area (Å²) in [5.41, 5.74) is 1.31. The average molecular weight is 259 g/mol. The highest BCUT2D eigenvalue weighted by molar-refractivity contribution is 5.42. The Morgan fingerprint density at radius 1 is 1.32 bits per heavy atom. The van der Waals surface area contributed by atoms with Gasteiger partial charge in [-0.3, -0.25) is 0 Å². The molecule has 0 spiro atoms. The number of aromatic nitrogens is 1. The Kier molecular flexibility index (Phi) is 3.74. The molecule has 3 nitrogen and oxygen atoms in total. The zero-order valence-corrected chi connectivity index (χ0v) is 12.1. The summed E-state index contributed by atoms with van der Waals surface area (Å²) in [5.74, 6) is 1.17. The molecule has 2 atom stereocenters. The van der Waals surface area contributed by atoms with Crippen LogP contribution in [0.3, 0.4) is 0 Å². The van der Waals surface area contributed by atoms with Gasteiger partial charge >= 0.3 is 0 Å². The number of fused-ring (bicyclic) bond motifs is 2. The Balaban J connectivity index is 1.80. The highest BCUT2D eigenvalue weighted by Gasteiger charge is 2.36. The van der Waals surface area contributed by atoms with Crippen LogP contribution in [0.1, 0.15) is 44.6 Å². The van der Waals surface area contributed by atoms with E-state index in [1.54, 1.807) is 0 Å². The first-order valence-electron chi connectivity index (χ1n) is 7.71. The van der Waals surface area contributed by atoms with Gasteiger partial charge in [-0.1, -0.05) is 6.92 Å². The van der Waals surface area contributed by atoms with Crippen molar-refractivity contribution in [1.82, 2.24) is 10.3 Å². The van der Waals surface area contributed by atoms with E-state index in [9.17, 15) is 0 Å². The molecule has 1 N–H and O–H groups in total. The van der Waals surface area contributed by atoms with Gasteiger partial charge in [-0.25, -0.2) is 4.98 Å². The third kappa shape index (κ3) is 2.76. The SMILES string of the molecule is CCCN(c1cc(C)ccn1)C1CC2CCC(C1)N2. The lowest BCUT2D eigenvalue weighted by molar-refractivity contribution is 0.345. The van der Waals surface area contributed by atoms with Gasteiger partial charge in [0.1, 0.15) is 5.82 Å². The summed E-state index contributed by atoms with van der Waals surface area (Å²) in [6.45, 7) is 5.54. The fourth-order valence-corrected chi connectivity index (χ4v) is 3.68. The number of hydrogen-bond donors (Lipinski definition) is 1. The van der Waals surface area contributed by atoms with E-state index in [0.717, 1.165) is 18.6 Å². The van der Waals surface area contributed by atoms with Crippen molar-refractivity contribution in [2.45, 2.75) is 64.1 Å². The highest BCUT2D eigenvalue weighted by atomic mass is 15.2. The van der Waals surface area contributed by atoms with Gasteiger partial charge < -0.3 is 10.2 Å². The van der Waals surface area contributed by atoms with Crippen molar-refractivity contribution in [3.05, 3.63) is 23.9 Å². The summed E-state index contributed by atoms with van der Waals surface area (Å²) in [7, 11) is 0. The summed E-state index contributed by atoms with van der Waals surface area (Å²) in [6, 6.07) is 6.48. The summed E-state index contributed by atoms with van der Waals surface area (Å²) < 4.78 is 0. The molecule has 2 unspecified atom stereocenters. The lowest BCUT2D eigenvalue weighted by atomic mass is 9.98. The van der Waals surface area contributed by atoms with Crippen molar-refractivity contribution in [2.24, 2.45) is 0 Å². The van der Waals surface area contributed by atoms with E-state index in [2.05, 4.69) is 41.2 Å². The number of nitrogens with one attached hydrogen (secondary N) is 1. The number of hydrogen-bond acceptors (Lipinski definition) is 3. The molecular weight excluding hydrogens is 234 g/mol. The first kappa shape index (κ1) is 12.9. The van der Waals surface area contributed by atoms with E-state index >= 15 is 0 Å². The second-order valence-electron chi connectivity index (χ2n) is 6.15. The highest BCUT2D eigenvalue weighted by Crippen LogP contribution is 2.31. The van der Waals surface area contributed by atoms with Gasteiger partial charge in [-0.15, -0.1) is 0 Å². The van der Waals surface area contributed by atoms with Crippen LogP contribution in [0.2, 0.25) is 0 Å². The standard InChI is InChI=1S/C16H25N3/c1-3-8-19(16-9-12(2)6-7-17-16)15-10-13-4-5-14(11-15)18-13/h6-7,9,13-15,18H,3-5,8,10-11H2,1-2H3. The number of piperidine rings is 1. The van der Waals surface area contributed by atoms with Crippen LogP contribution < -0.4 is 10.2 Å². The quantitative estimate of drug-likeness (QED) is 0.901. The average Bonchev–Trinajstić information content (AvgIpc) is 2.75. The summed E-state index contributed by atoms with van der Waals surface area (Å²) in [4.78, 5) is 7.16. The summed E-state index contributed by atoms with van der Waals surface area (Å²) in [5, 5.41) is 3.73. The number of anilines is 1. The lowest BCUT2D eigenvalue weighted by Gasteiger charge is -2.38. The molecule has 0 saturated carbocycles. The van der Waals surface area contributed by atoms with E-state index < -0.39 is 0 Å². The maximum Gasteiger partial charge on any atom is 0.128 e. The van der Waals surface area contributed by atoms with Gasteiger partial charge in [0.05, 0.1) is 0 Å². The zero-order valence-electron chi connectivity index (χ0n) is 12.1. The monoisotopic (exact) mass is 259 g/mol. The van der Waals surface area contributed by atoms with E-state index in [-0.39, 0.29) is 0 Å². The first-order valence-corrected chi connectivity index (χ1v) is 7.71. The van der Waals surface area contributed by atoms with Crippen molar-refractivity contribution in [3.8, 4) is 0 Å². The largest absolute Gasteiger partial charge is 0.354 e. The van der Waals surface area contributed by atoms with Gasteiger partial charge in [0.25, 0.3) is 0 Å². The fourth-order valence-electron chi connectivity index (χ4n) is 3.68. The molecule has 0 amide bonds. The molecule has 19 heavy (non-hydrogen) atoms. The Morgan fingerprint density at radius 2 is 2.05 bits per heavy atom. The molecule has 0 aliphatic carbocycles. The van der Waals surface area contributed by atoms with E-state index in [4.69, 9.17) is 0 Å². The first-order chi connectivity index (χ1) is 9.26. The molecule has 2 aliphatic heterocycles. The third-order valence-corrected chi connectivity index (χ3v) is 4.55. The molecule has 2 bridgehead atoms. The van der Waals surface area contributed by atoms with Gasteiger partial charge in [0.15, 0.2) is 0 Å². The third-order valence-electron chi connectivity index (χ3n) is 4.55. The van der Waals surface area contributed by atoms with Crippen molar-refractivity contribution in [1.29, 1.82) is 0 Å². The minimum atomic E-state index is 0.674. The molecule has 3 rings (SSSR count). The molecule has 3 heterocycles. The topological polar surface area (TPSA) is 28.2 Å². The zero-order chi connectivity index (χ0) is 13.2. The molecule has 0 aromatic carbocycles.